The first-order chi connectivity index (χ1) is 17.0. The maximum Gasteiger partial charge on any atom is 0.491 e. The lowest BCUT2D eigenvalue weighted by Crippen LogP contribution is -2.49. The topological polar surface area (TPSA) is 84.5 Å². The molecule has 198 valence electrons. The third kappa shape index (κ3) is 4.94. The van der Waals surface area contributed by atoms with Crippen LogP contribution < -0.4 is 10.6 Å². The summed E-state index contributed by atoms with van der Waals surface area (Å²) in [5.41, 5.74) is -1.24. The van der Waals surface area contributed by atoms with Crippen LogP contribution in [0.5, 0.6) is 0 Å². The van der Waals surface area contributed by atoms with Crippen LogP contribution in [-0.4, -0.2) is 36.1 Å². The number of rotatable bonds is 3. The molecule has 2 N–H and O–H groups in total. The average molecular weight is 561 g/mol. The van der Waals surface area contributed by atoms with E-state index in [2.05, 4.69) is 15.4 Å². The van der Waals surface area contributed by atoms with Crippen molar-refractivity contribution in [2.45, 2.75) is 56.8 Å². The van der Waals surface area contributed by atoms with Gasteiger partial charge in [0.25, 0.3) is 0 Å². The van der Waals surface area contributed by atoms with Crippen molar-refractivity contribution in [3.05, 3.63) is 63.4 Å². The summed E-state index contributed by atoms with van der Waals surface area (Å²) in [7, 11) is 0. The van der Waals surface area contributed by atoms with Crippen LogP contribution in [0.2, 0.25) is 10.0 Å². The fraction of sp³-hybridized carbons (Fsp3) is 0.400. The number of halogens is 6. The van der Waals surface area contributed by atoms with E-state index in [0.717, 1.165) is 12.1 Å². The molecule has 2 heterocycles. The Labute approximate surface area is 219 Å². The van der Waals surface area contributed by atoms with E-state index in [4.69, 9.17) is 23.2 Å². The predicted molar refractivity (Wildman–Crippen MR) is 128 cm³/mol. The molecule has 2 aromatic carbocycles. The first kappa shape index (κ1) is 27.3. The molecule has 2 aromatic rings. The van der Waals surface area contributed by atoms with Crippen molar-refractivity contribution in [1.82, 2.24) is 5.32 Å². The molecule has 2 aliphatic rings. The highest BCUT2D eigenvalue weighted by Crippen LogP contribution is 2.57. The lowest BCUT2D eigenvalue weighted by atomic mass is 9.62. The van der Waals surface area contributed by atoms with Crippen molar-refractivity contribution in [3.8, 4) is 0 Å². The van der Waals surface area contributed by atoms with Gasteiger partial charge in [0, 0.05) is 27.7 Å². The third-order valence-electron chi connectivity index (χ3n) is 6.54. The van der Waals surface area contributed by atoms with Gasteiger partial charge in [-0.25, -0.2) is 14.0 Å². The standard InChI is InChI=1S/C25H22Cl2F4N2O4/c1-23(2,3)10-17-24(15-5-4-12(26)9-16(15)32-21(24)35)18(11-6-13(27)8-14(28)7-11)19(33-17)20(34)37-22(36)25(29,30)31/h4-9,17-19,33H,10H2,1-3H3,(H,32,35)/t17-,18-,19+,24?/m0/s1. The second-order valence-electron chi connectivity index (χ2n) is 10.4. The van der Waals surface area contributed by atoms with E-state index < -0.39 is 58.7 Å². The molecule has 0 saturated carbocycles. The predicted octanol–water partition coefficient (Wildman–Crippen LogP) is 5.51. The summed E-state index contributed by atoms with van der Waals surface area (Å²) in [6.45, 7) is 5.64. The van der Waals surface area contributed by atoms with Crippen LogP contribution in [0.3, 0.4) is 0 Å². The van der Waals surface area contributed by atoms with Gasteiger partial charge in [-0.3, -0.25) is 10.1 Å². The Kier molecular flexibility index (Phi) is 6.84. The fourth-order valence-corrected chi connectivity index (χ4v) is 5.77. The smallest absolute Gasteiger partial charge is 0.385 e. The van der Waals surface area contributed by atoms with Crippen molar-refractivity contribution in [1.29, 1.82) is 0 Å². The molecule has 0 aliphatic carbocycles. The van der Waals surface area contributed by atoms with Gasteiger partial charge in [0.1, 0.15) is 17.3 Å². The number of esters is 2. The number of fused-ring (bicyclic) bond motifs is 2. The lowest BCUT2D eigenvalue weighted by molar-refractivity contribution is -0.202. The van der Waals surface area contributed by atoms with Crippen LogP contribution in [0, 0.1) is 11.2 Å². The number of nitrogens with one attached hydrogen (secondary N) is 2. The second kappa shape index (κ2) is 9.25. The molecule has 0 radical (unpaired) electrons. The van der Waals surface area contributed by atoms with Gasteiger partial charge in [0.2, 0.25) is 5.91 Å². The molecule has 1 saturated heterocycles. The average Bonchev–Trinajstić information content (AvgIpc) is 3.21. The minimum atomic E-state index is -5.43. The Hall–Kier alpha value is -2.69. The molecule has 4 atom stereocenters. The van der Waals surface area contributed by atoms with Gasteiger partial charge in [0.05, 0.1) is 0 Å². The minimum Gasteiger partial charge on any atom is -0.385 e. The number of carbonyl (C=O) groups is 3. The summed E-state index contributed by atoms with van der Waals surface area (Å²) in [6, 6.07) is 5.52. The second-order valence-corrected chi connectivity index (χ2v) is 11.2. The number of anilines is 1. The number of amides is 1. The van der Waals surface area contributed by atoms with Crippen molar-refractivity contribution in [3.63, 3.8) is 0 Å². The molecule has 37 heavy (non-hydrogen) atoms. The number of hydrogen-bond donors (Lipinski definition) is 2. The molecule has 6 nitrogen and oxygen atoms in total. The van der Waals surface area contributed by atoms with E-state index in [9.17, 15) is 31.9 Å². The van der Waals surface area contributed by atoms with Gasteiger partial charge in [-0.2, -0.15) is 13.2 Å². The number of carbonyl (C=O) groups excluding carboxylic acids is 3. The molecule has 2 aliphatic heterocycles. The Balaban J connectivity index is 1.97. The number of hydrogen-bond acceptors (Lipinski definition) is 5. The van der Waals surface area contributed by atoms with E-state index in [0.29, 0.717) is 16.3 Å². The Morgan fingerprint density at radius 1 is 1.05 bits per heavy atom. The zero-order valence-electron chi connectivity index (χ0n) is 19.8. The van der Waals surface area contributed by atoms with Crippen molar-refractivity contribution in [2.24, 2.45) is 5.41 Å². The van der Waals surface area contributed by atoms with E-state index in [-0.39, 0.29) is 17.0 Å². The van der Waals surface area contributed by atoms with E-state index in [1.54, 1.807) is 6.07 Å². The summed E-state index contributed by atoms with van der Waals surface area (Å²) in [5.74, 6) is -6.92. The monoisotopic (exact) mass is 560 g/mol. The SMILES string of the molecule is CC(C)(C)C[C@@H]1N[C@@H](C(=O)OC(=O)C(F)(F)F)[C@H](c2cc(F)cc(Cl)c2)C12C(=O)Nc1cc(Cl)ccc12. The quantitative estimate of drug-likeness (QED) is 0.293. The normalized spacial score (nSPS) is 25.2. The molecular formula is C25H22Cl2F4N2O4. The molecule has 12 heteroatoms. The molecular weight excluding hydrogens is 539 g/mol. The summed E-state index contributed by atoms with van der Waals surface area (Å²) in [5, 5.41) is 5.96. The van der Waals surface area contributed by atoms with Gasteiger partial charge in [-0.05, 0) is 53.3 Å². The number of benzene rings is 2. The highest BCUT2D eigenvalue weighted by atomic mass is 35.5. The molecule has 1 amide bonds. The van der Waals surface area contributed by atoms with Crippen LogP contribution in [0.15, 0.2) is 36.4 Å². The zero-order chi connectivity index (χ0) is 27.5. The van der Waals surface area contributed by atoms with Crippen LogP contribution in [0.4, 0.5) is 23.2 Å². The van der Waals surface area contributed by atoms with Crippen LogP contribution in [0.1, 0.15) is 44.2 Å². The van der Waals surface area contributed by atoms with E-state index in [1.807, 2.05) is 20.8 Å². The summed E-state index contributed by atoms with van der Waals surface area (Å²) < 4.78 is 57.5. The van der Waals surface area contributed by atoms with Crippen LogP contribution in [0.25, 0.3) is 0 Å². The number of ether oxygens (including phenoxy) is 1. The molecule has 1 unspecified atom stereocenters. The highest BCUT2D eigenvalue weighted by molar-refractivity contribution is 6.31. The van der Waals surface area contributed by atoms with E-state index >= 15 is 0 Å². The van der Waals surface area contributed by atoms with Gasteiger partial charge in [-0.15, -0.1) is 0 Å². The Morgan fingerprint density at radius 3 is 2.32 bits per heavy atom. The summed E-state index contributed by atoms with van der Waals surface area (Å²) in [6.07, 6.45) is -5.17. The molecule has 4 rings (SSSR count). The molecule has 1 fully saturated rings. The van der Waals surface area contributed by atoms with Crippen molar-refractivity contribution < 1.29 is 36.7 Å². The fourth-order valence-electron chi connectivity index (χ4n) is 5.37. The highest BCUT2D eigenvalue weighted by Gasteiger charge is 2.66. The van der Waals surface area contributed by atoms with E-state index in [1.165, 1.54) is 18.2 Å². The van der Waals surface area contributed by atoms with Gasteiger partial charge >= 0.3 is 18.1 Å². The lowest BCUT2D eigenvalue weighted by Gasteiger charge is -2.37. The maximum atomic E-state index is 14.5. The Bertz CT molecular complexity index is 1270. The Morgan fingerprint density at radius 2 is 1.73 bits per heavy atom. The van der Waals surface area contributed by atoms with Gasteiger partial charge < -0.3 is 10.1 Å². The third-order valence-corrected chi connectivity index (χ3v) is 7.00. The van der Waals surface area contributed by atoms with Crippen molar-refractivity contribution >= 4 is 46.7 Å². The summed E-state index contributed by atoms with van der Waals surface area (Å²) in [4.78, 5) is 38.5. The van der Waals surface area contributed by atoms with Gasteiger partial charge in [0.15, 0.2) is 0 Å². The largest absolute Gasteiger partial charge is 0.491 e. The van der Waals surface area contributed by atoms with Gasteiger partial charge in [-0.1, -0.05) is 50.0 Å². The van der Waals surface area contributed by atoms with Crippen molar-refractivity contribution in [2.75, 3.05) is 5.32 Å². The zero-order valence-corrected chi connectivity index (χ0v) is 21.3. The molecule has 1 spiro atoms. The summed E-state index contributed by atoms with van der Waals surface area (Å²) >= 11 is 12.2. The molecule has 0 aromatic heterocycles. The minimum absolute atomic E-state index is 0.0577. The first-order valence-corrected chi connectivity index (χ1v) is 12.0. The molecule has 0 bridgehead atoms. The first-order valence-electron chi connectivity index (χ1n) is 11.2. The maximum absolute atomic E-state index is 14.5. The van der Waals surface area contributed by atoms with Crippen LogP contribution in [-0.2, 0) is 24.5 Å². The van der Waals surface area contributed by atoms with Crippen LogP contribution >= 0.6 is 23.2 Å². The number of alkyl halides is 3.